The van der Waals surface area contributed by atoms with Gasteiger partial charge in [0.1, 0.15) is 6.61 Å². The first kappa shape index (κ1) is 12.9. The van der Waals surface area contributed by atoms with Gasteiger partial charge in [-0.2, -0.15) is 0 Å². The minimum Gasteiger partial charge on any atom is -0.460 e. The number of nitrogens with two attached hydrogens (primary N) is 1. The van der Waals surface area contributed by atoms with Crippen molar-refractivity contribution in [2.75, 3.05) is 6.61 Å². The van der Waals surface area contributed by atoms with Crippen LogP contribution in [0.1, 0.15) is 17.3 Å². The average molecular weight is 216 g/mol. The molecule has 0 amide bonds. The van der Waals surface area contributed by atoms with Crippen molar-refractivity contribution < 1.29 is 9.53 Å². The minimum absolute atomic E-state index is 0. The molecule has 1 atom stereocenters. The summed E-state index contributed by atoms with van der Waals surface area (Å²) in [5.41, 5.74) is 6.00. The van der Waals surface area contributed by atoms with Gasteiger partial charge in [-0.3, -0.25) is 0 Å². The molecule has 14 heavy (non-hydrogen) atoms. The van der Waals surface area contributed by atoms with Crippen LogP contribution in [0.2, 0.25) is 0 Å². The van der Waals surface area contributed by atoms with Crippen LogP contribution in [0, 0.1) is 0 Å². The van der Waals surface area contributed by atoms with Crippen LogP contribution < -0.4 is 5.73 Å². The number of halogens is 1. The molecule has 0 saturated heterocycles. The van der Waals surface area contributed by atoms with Gasteiger partial charge in [0.15, 0.2) is 0 Å². The van der Waals surface area contributed by atoms with Crippen molar-refractivity contribution in [3.8, 4) is 0 Å². The Morgan fingerprint density at radius 3 is 2.50 bits per heavy atom. The lowest BCUT2D eigenvalue weighted by atomic mass is 10.2. The van der Waals surface area contributed by atoms with E-state index in [4.69, 9.17) is 10.5 Å². The molecule has 0 bridgehead atoms. The predicted octanol–water partition coefficient (Wildman–Crippen LogP) is 1.61. The van der Waals surface area contributed by atoms with Crippen molar-refractivity contribution in [2.45, 2.75) is 13.0 Å². The molecule has 0 aromatic heterocycles. The second kappa shape index (κ2) is 6.40. The van der Waals surface area contributed by atoms with E-state index in [1.165, 1.54) is 0 Å². The average Bonchev–Trinajstić information content (AvgIpc) is 2.15. The second-order valence-electron chi connectivity index (χ2n) is 2.94. The molecule has 0 unspecified atom stereocenters. The molecule has 0 aliphatic rings. The summed E-state index contributed by atoms with van der Waals surface area (Å²) in [6.45, 7) is 2.05. The summed E-state index contributed by atoms with van der Waals surface area (Å²) in [6.07, 6.45) is 0. The predicted molar refractivity (Wildman–Crippen MR) is 57.6 cm³/mol. The topological polar surface area (TPSA) is 52.3 Å². The zero-order valence-electron chi connectivity index (χ0n) is 7.97. The molecule has 1 aromatic carbocycles. The molecule has 0 aliphatic heterocycles. The number of rotatable bonds is 3. The Kier molecular flexibility index (Phi) is 5.92. The lowest BCUT2D eigenvalue weighted by molar-refractivity contribution is 0.0487. The van der Waals surface area contributed by atoms with Crippen LogP contribution in [-0.4, -0.2) is 18.6 Å². The Bertz CT molecular complexity index is 275. The molecule has 4 heteroatoms. The van der Waals surface area contributed by atoms with Gasteiger partial charge >= 0.3 is 5.97 Å². The fourth-order valence-electron chi connectivity index (χ4n) is 0.865. The van der Waals surface area contributed by atoms with Gasteiger partial charge in [-0.1, -0.05) is 18.2 Å². The highest BCUT2D eigenvalue weighted by Crippen LogP contribution is 2.00. The van der Waals surface area contributed by atoms with Crippen LogP contribution in [0.3, 0.4) is 0 Å². The SMILES string of the molecule is C[C@@H](N)COC(=O)c1ccccc1.Cl. The van der Waals surface area contributed by atoms with E-state index >= 15 is 0 Å². The van der Waals surface area contributed by atoms with Crippen molar-refractivity contribution in [1.29, 1.82) is 0 Å². The van der Waals surface area contributed by atoms with Crippen LogP contribution in [0.5, 0.6) is 0 Å². The highest BCUT2D eigenvalue weighted by Gasteiger charge is 2.06. The van der Waals surface area contributed by atoms with Gasteiger partial charge in [0, 0.05) is 6.04 Å². The lowest BCUT2D eigenvalue weighted by Crippen LogP contribution is -2.23. The third-order valence-corrected chi connectivity index (χ3v) is 1.49. The summed E-state index contributed by atoms with van der Waals surface area (Å²) in [6, 6.07) is 8.74. The molecule has 0 heterocycles. The van der Waals surface area contributed by atoms with E-state index in [0.29, 0.717) is 5.56 Å². The first-order chi connectivity index (χ1) is 6.20. The standard InChI is InChI=1S/C10H13NO2.ClH/c1-8(11)7-13-10(12)9-5-3-2-4-6-9;/h2-6,8H,7,11H2,1H3;1H/t8-;/m1./s1. The number of carbonyl (C=O) groups excluding carboxylic acids is 1. The maximum Gasteiger partial charge on any atom is 0.338 e. The van der Waals surface area contributed by atoms with Gasteiger partial charge in [0.2, 0.25) is 0 Å². The molecule has 0 saturated carbocycles. The smallest absolute Gasteiger partial charge is 0.338 e. The number of hydrogen-bond acceptors (Lipinski definition) is 3. The Morgan fingerprint density at radius 1 is 1.43 bits per heavy atom. The maximum absolute atomic E-state index is 11.3. The van der Waals surface area contributed by atoms with E-state index in [9.17, 15) is 4.79 Å². The van der Waals surface area contributed by atoms with E-state index in [1.807, 2.05) is 6.07 Å². The van der Waals surface area contributed by atoms with Crippen molar-refractivity contribution in [2.24, 2.45) is 5.73 Å². The van der Waals surface area contributed by atoms with E-state index in [2.05, 4.69) is 0 Å². The van der Waals surface area contributed by atoms with Gasteiger partial charge in [-0.15, -0.1) is 12.4 Å². The Balaban J connectivity index is 0.00000169. The Labute approximate surface area is 89.7 Å². The summed E-state index contributed by atoms with van der Waals surface area (Å²) >= 11 is 0. The van der Waals surface area contributed by atoms with Crippen molar-refractivity contribution in [1.82, 2.24) is 0 Å². The normalized spacial score (nSPS) is 11.3. The van der Waals surface area contributed by atoms with Crippen molar-refractivity contribution >= 4 is 18.4 Å². The first-order valence-corrected chi connectivity index (χ1v) is 4.18. The summed E-state index contributed by atoms with van der Waals surface area (Å²) in [7, 11) is 0. The zero-order chi connectivity index (χ0) is 9.68. The van der Waals surface area contributed by atoms with Crippen LogP contribution in [0.4, 0.5) is 0 Å². The molecule has 0 aliphatic carbocycles. The zero-order valence-corrected chi connectivity index (χ0v) is 8.79. The second-order valence-corrected chi connectivity index (χ2v) is 2.94. The van der Waals surface area contributed by atoms with Gasteiger partial charge in [-0.05, 0) is 19.1 Å². The number of carbonyl (C=O) groups is 1. The van der Waals surface area contributed by atoms with Gasteiger partial charge < -0.3 is 10.5 Å². The molecule has 1 rings (SSSR count). The van der Waals surface area contributed by atoms with Crippen LogP contribution in [0.25, 0.3) is 0 Å². The van der Waals surface area contributed by atoms with E-state index in [-0.39, 0.29) is 31.0 Å². The van der Waals surface area contributed by atoms with Crippen LogP contribution >= 0.6 is 12.4 Å². The molecular formula is C10H14ClNO2. The highest BCUT2D eigenvalue weighted by atomic mass is 35.5. The molecule has 0 spiro atoms. The number of hydrogen-bond donors (Lipinski definition) is 1. The van der Waals surface area contributed by atoms with Crippen molar-refractivity contribution in [3.63, 3.8) is 0 Å². The van der Waals surface area contributed by atoms with Crippen LogP contribution in [-0.2, 0) is 4.74 Å². The molecule has 0 fully saturated rings. The number of benzene rings is 1. The molecule has 3 nitrogen and oxygen atoms in total. The fraction of sp³-hybridized carbons (Fsp3) is 0.300. The third-order valence-electron chi connectivity index (χ3n) is 1.49. The molecule has 1 aromatic rings. The summed E-state index contributed by atoms with van der Waals surface area (Å²) in [5, 5.41) is 0. The van der Waals surface area contributed by atoms with Gasteiger partial charge in [0.25, 0.3) is 0 Å². The number of esters is 1. The van der Waals surface area contributed by atoms with Crippen LogP contribution in [0.15, 0.2) is 30.3 Å². The summed E-state index contributed by atoms with van der Waals surface area (Å²) in [4.78, 5) is 11.3. The van der Waals surface area contributed by atoms with Crippen molar-refractivity contribution in [3.05, 3.63) is 35.9 Å². The van der Waals surface area contributed by atoms with E-state index in [1.54, 1.807) is 31.2 Å². The van der Waals surface area contributed by atoms with Gasteiger partial charge in [-0.25, -0.2) is 4.79 Å². The summed E-state index contributed by atoms with van der Waals surface area (Å²) in [5.74, 6) is -0.321. The molecule has 0 radical (unpaired) electrons. The third kappa shape index (κ3) is 4.25. The van der Waals surface area contributed by atoms with Gasteiger partial charge in [0.05, 0.1) is 5.56 Å². The number of ether oxygens (including phenoxy) is 1. The maximum atomic E-state index is 11.3. The fourth-order valence-corrected chi connectivity index (χ4v) is 0.865. The Hall–Kier alpha value is -1.06. The molecule has 2 N–H and O–H groups in total. The highest BCUT2D eigenvalue weighted by molar-refractivity contribution is 5.89. The lowest BCUT2D eigenvalue weighted by Gasteiger charge is -2.06. The summed E-state index contributed by atoms with van der Waals surface area (Å²) < 4.78 is 4.93. The monoisotopic (exact) mass is 215 g/mol. The quantitative estimate of drug-likeness (QED) is 0.780. The molecular weight excluding hydrogens is 202 g/mol. The van der Waals surface area contributed by atoms with E-state index in [0.717, 1.165) is 0 Å². The first-order valence-electron chi connectivity index (χ1n) is 4.18. The minimum atomic E-state index is -0.321. The Morgan fingerprint density at radius 2 is 2.00 bits per heavy atom. The largest absolute Gasteiger partial charge is 0.460 e. The van der Waals surface area contributed by atoms with E-state index < -0.39 is 0 Å². The molecule has 78 valence electrons.